The number of rotatable bonds is 7. The molecule has 0 saturated carbocycles. The summed E-state index contributed by atoms with van der Waals surface area (Å²) < 4.78 is 19.0. The molecule has 0 spiro atoms. The molecule has 3 amide bonds. The normalized spacial score (nSPS) is 18.9. The van der Waals surface area contributed by atoms with Gasteiger partial charge in [0.25, 0.3) is 5.91 Å². The summed E-state index contributed by atoms with van der Waals surface area (Å²) in [6.07, 6.45) is 0.764. The Morgan fingerprint density at radius 3 is 2.41 bits per heavy atom. The van der Waals surface area contributed by atoms with Gasteiger partial charge in [-0.2, -0.15) is 0 Å². The maximum absolute atomic E-state index is 13.6. The van der Waals surface area contributed by atoms with Gasteiger partial charge >= 0.3 is 12.0 Å². The van der Waals surface area contributed by atoms with Crippen LogP contribution in [0, 0.1) is 5.82 Å². The zero-order valence-corrected chi connectivity index (χ0v) is 21.3. The zero-order valence-electron chi connectivity index (χ0n) is 21.3. The average Bonchev–Trinajstić information content (AvgIpc) is 3.15. The molecule has 37 heavy (non-hydrogen) atoms. The molecule has 2 aromatic carbocycles. The molecule has 1 saturated heterocycles. The molecule has 196 valence electrons. The quantitative estimate of drug-likeness (QED) is 0.579. The fraction of sp³-hybridized carbons (Fsp3) is 0.393. The number of likely N-dealkylation sites (N-methyl/N-ethyl adjacent to an activating group) is 1. The van der Waals surface area contributed by atoms with Crippen molar-refractivity contribution in [2.24, 2.45) is 0 Å². The van der Waals surface area contributed by atoms with Crippen LogP contribution in [-0.4, -0.2) is 78.5 Å². The van der Waals surface area contributed by atoms with E-state index in [0.29, 0.717) is 61.7 Å². The van der Waals surface area contributed by atoms with Gasteiger partial charge in [-0.1, -0.05) is 30.3 Å². The number of carbonyl (C=O) groups is 3. The zero-order chi connectivity index (χ0) is 26.4. The van der Waals surface area contributed by atoms with E-state index in [1.54, 1.807) is 24.0 Å². The minimum atomic E-state index is -0.756. The van der Waals surface area contributed by atoms with E-state index < -0.39 is 17.8 Å². The van der Waals surface area contributed by atoms with Crippen LogP contribution in [0.5, 0.6) is 0 Å². The lowest BCUT2D eigenvalue weighted by atomic mass is 9.94. The number of ether oxygens (including phenoxy) is 1. The molecule has 2 aliphatic heterocycles. The van der Waals surface area contributed by atoms with Crippen molar-refractivity contribution in [3.05, 3.63) is 82.8 Å². The van der Waals surface area contributed by atoms with Gasteiger partial charge in [0.2, 0.25) is 0 Å². The minimum absolute atomic E-state index is 0.00233. The highest BCUT2D eigenvalue weighted by molar-refractivity contribution is 5.95. The third-order valence-electron chi connectivity index (χ3n) is 6.72. The van der Waals surface area contributed by atoms with Gasteiger partial charge in [0.15, 0.2) is 0 Å². The Labute approximate surface area is 216 Å². The number of amides is 3. The molecule has 1 N–H and O–H groups in total. The molecule has 1 atom stereocenters. The molecule has 2 heterocycles. The van der Waals surface area contributed by atoms with Crippen molar-refractivity contribution < 1.29 is 23.5 Å². The lowest BCUT2D eigenvalue weighted by Crippen LogP contribution is -2.51. The van der Waals surface area contributed by atoms with Gasteiger partial charge in [-0.3, -0.25) is 14.6 Å². The van der Waals surface area contributed by atoms with E-state index in [-0.39, 0.29) is 18.5 Å². The lowest BCUT2D eigenvalue weighted by molar-refractivity contribution is -0.139. The Morgan fingerprint density at radius 1 is 1.00 bits per heavy atom. The highest BCUT2D eigenvalue weighted by Gasteiger charge is 2.38. The Kier molecular flexibility index (Phi) is 8.55. The van der Waals surface area contributed by atoms with Crippen LogP contribution in [0.4, 0.5) is 9.18 Å². The third-order valence-corrected chi connectivity index (χ3v) is 6.72. The van der Waals surface area contributed by atoms with Gasteiger partial charge in [-0.15, -0.1) is 0 Å². The van der Waals surface area contributed by atoms with Crippen molar-refractivity contribution in [1.82, 2.24) is 20.0 Å². The minimum Gasteiger partial charge on any atom is -0.463 e. The molecule has 4 rings (SSSR count). The smallest absolute Gasteiger partial charge is 0.338 e. The number of halogens is 1. The molecular formula is C28H33FN4O4. The molecule has 2 aliphatic rings. The Hall–Kier alpha value is -3.72. The van der Waals surface area contributed by atoms with Gasteiger partial charge in [0.05, 0.1) is 18.2 Å². The van der Waals surface area contributed by atoms with E-state index in [2.05, 4.69) is 10.2 Å². The molecule has 0 aromatic heterocycles. The molecule has 0 radical (unpaired) electrons. The Balaban J connectivity index is 1.62. The van der Waals surface area contributed by atoms with Crippen molar-refractivity contribution >= 4 is 17.9 Å². The molecule has 0 bridgehead atoms. The van der Waals surface area contributed by atoms with Crippen LogP contribution in [-0.2, 0) is 9.53 Å². The summed E-state index contributed by atoms with van der Waals surface area (Å²) in [6, 6.07) is 13.9. The number of hydrogen-bond acceptors (Lipinski definition) is 5. The van der Waals surface area contributed by atoms with Crippen LogP contribution in [0.2, 0.25) is 0 Å². The van der Waals surface area contributed by atoms with Gasteiger partial charge in [0.1, 0.15) is 5.82 Å². The third kappa shape index (κ3) is 5.99. The van der Waals surface area contributed by atoms with Crippen molar-refractivity contribution in [3.8, 4) is 0 Å². The van der Waals surface area contributed by atoms with Crippen LogP contribution >= 0.6 is 0 Å². The van der Waals surface area contributed by atoms with Crippen LogP contribution in [0.1, 0.15) is 42.2 Å². The second-order valence-electron chi connectivity index (χ2n) is 9.05. The van der Waals surface area contributed by atoms with E-state index in [1.807, 2.05) is 42.2 Å². The van der Waals surface area contributed by atoms with E-state index >= 15 is 0 Å². The maximum Gasteiger partial charge on any atom is 0.338 e. The summed E-state index contributed by atoms with van der Waals surface area (Å²) in [6.45, 7) is 6.95. The summed E-state index contributed by atoms with van der Waals surface area (Å²) >= 11 is 0. The second-order valence-corrected chi connectivity index (χ2v) is 9.05. The molecule has 1 fully saturated rings. The van der Waals surface area contributed by atoms with E-state index in [9.17, 15) is 18.8 Å². The molecule has 8 nitrogen and oxygen atoms in total. The summed E-state index contributed by atoms with van der Waals surface area (Å²) in [4.78, 5) is 44.9. The SMILES string of the molecule is CCOC(=O)C1=C(CN2CCCN(C(=O)c3ccccc3)CC2)N(CC)C(=O)NC1c1ccc(F)cc1. The number of urea groups is 1. The molecule has 2 aromatic rings. The van der Waals surface area contributed by atoms with E-state index in [1.165, 1.54) is 12.1 Å². The molecule has 0 aliphatic carbocycles. The Bertz CT molecular complexity index is 1150. The fourth-order valence-electron chi connectivity index (χ4n) is 4.87. The van der Waals surface area contributed by atoms with Crippen molar-refractivity contribution in [3.63, 3.8) is 0 Å². The predicted molar refractivity (Wildman–Crippen MR) is 137 cm³/mol. The van der Waals surface area contributed by atoms with Crippen LogP contribution < -0.4 is 5.32 Å². The van der Waals surface area contributed by atoms with Gasteiger partial charge in [-0.05, 0) is 50.1 Å². The van der Waals surface area contributed by atoms with Crippen molar-refractivity contribution in [2.45, 2.75) is 26.3 Å². The van der Waals surface area contributed by atoms with Crippen LogP contribution in [0.3, 0.4) is 0 Å². The van der Waals surface area contributed by atoms with E-state index in [4.69, 9.17) is 4.74 Å². The highest BCUT2D eigenvalue weighted by atomic mass is 19.1. The van der Waals surface area contributed by atoms with E-state index in [0.717, 1.165) is 6.42 Å². The molecule has 1 unspecified atom stereocenters. The van der Waals surface area contributed by atoms with Crippen molar-refractivity contribution in [1.29, 1.82) is 0 Å². The largest absolute Gasteiger partial charge is 0.463 e. The standard InChI is InChI=1S/C28H33FN4O4/c1-3-33-23(19-31-15-8-16-32(18-17-31)26(34)21-9-6-5-7-10-21)24(27(35)37-4-2)25(30-28(33)36)20-11-13-22(29)14-12-20/h5-7,9-14,25H,3-4,8,15-19H2,1-2H3,(H,30,36). The van der Waals surface area contributed by atoms with Crippen LogP contribution in [0.15, 0.2) is 65.9 Å². The summed E-state index contributed by atoms with van der Waals surface area (Å²) in [5.41, 5.74) is 2.17. The van der Waals surface area contributed by atoms with Gasteiger partial charge in [0, 0.05) is 50.5 Å². The van der Waals surface area contributed by atoms with Crippen LogP contribution in [0.25, 0.3) is 0 Å². The van der Waals surface area contributed by atoms with Crippen molar-refractivity contribution in [2.75, 3.05) is 45.9 Å². The van der Waals surface area contributed by atoms with Gasteiger partial charge in [-0.25, -0.2) is 14.0 Å². The molecule has 9 heteroatoms. The second kappa shape index (κ2) is 12.0. The summed E-state index contributed by atoms with van der Waals surface area (Å²) in [5, 5.41) is 2.90. The lowest BCUT2D eigenvalue weighted by Gasteiger charge is -2.38. The number of benzene rings is 2. The number of nitrogens with one attached hydrogen (secondary N) is 1. The number of carbonyl (C=O) groups excluding carboxylic acids is 3. The molecular weight excluding hydrogens is 475 g/mol. The number of nitrogens with zero attached hydrogens (tertiary/aromatic N) is 3. The average molecular weight is 509 g/mol. The monoisotopic (exact) mass is 508 g/mol. The number of esters is 1. The predicted octanol–water partition coefficient (Wildman–Crippen LogP) is 3.58. The summed E-state index contributed by atoms with van der Waals surface area (Å²) in [5.74, 6) is -0.916. The number of hydrogen-bond donors (Lipinski definition) is 1. The fourth-order valence-corrected chi connectivity index (χ4v) is 4.87. The topological polar surface area (TPSA) is 82.2 Å². The Morgan fingerprint density at radius 2 is 1.73 bits per heavy atom. The first-order valence-electron chi connectivity index (χ1n) is 12.7. The summed E-state index contributed by atoms with van der Waals surface area (Å²) in [7, 11) is 0. The first-order chi connectivity index (χ1) is 17.9. The highest BCUT2D eigenvalue weighted by Crippen LogP contribution is 2.32. The first kappa shape index (κ1) is 26.3. The first-order valence-corrected chi connectivity index (χ1v) is 12.7. The maximum atomic E-state index is 13.6. The van der Waals surface area contributed by atoms with Gasteiger partial charge < -0.3 is 15.0 Å².